The first-order valence-corrected chi connectivity index (χ1v) is 10.5. The van der Waals surface area contributed by atoms with Crippen LogP contribution in [0.2, 0.25) is 5.02 Å². The van der Waals surface area contributed by atoms with Gasteiger partial charge in [-0.25, -0.2) is 5.06 Å². The first-order chi connectivity index (χ1) is 13.7. The van der Waals surface area contributed by atoms with Crippen LogP contribution in [0.3, 0.4) is 0 Å². The summed E-state index contributed by atoms with van der Waals surface area (Å²) in [5.41, 5.74) is 1.05. The Morgan fingerprint density at radius 2 is 1.89 bits per heavy atom. The average Bonchev–Trinajstić information content (AvgIpc) is 3.17. The minimum Gasteiger partial charge on any atom is -0.493 e. The molecular weight excluding hydrogens is 394 g/mol. The van der Waals surface area contributed by atoms with E-state index in [4.69, 9.17) is 21.2 Å². The van der Waals surface area contributed by atoms with Gasteiger partial charge in [0.2, 0.25) is 0 Å². The van der Waals surface area contributed by atoms with Crippen molar-refractivity contribution in [2.75, 3.05) is 19.0 Å². The van der Waals surface area contributed by atoms with E-state index < -0.39 is 0 Å². The molecule has 0 bridgehead atoms. The van der Waals surface area contributed by atoms with Crippen LogP contribution in [0.25, 0.3) is 10.8 Å². The number of rotatable bonds is 3. The van der Waals surface area contributed by atoms with Gasteiger partial charge in [-0.05, 0) is 41.1 Å². The fourth-order valence-electron chi connectivity index (χ4n) is 3.90. The molecule has 5 rings (SSSR count). The number of carbonyl (C=O) groups excluding carboxylic acids is 1. The molecular formula is C22H18ClNO3S. The van der Waals surface area contributed by atoms with Gasteiger partial charge in [0.15, 0.2) is 0 Å². The summed E-state index contributed by atoms with van der Waals surface area (Å²) >= 11 is 7.42. The number of amides is 1. The second-order valence-corrected chi connectivity index (χ2v) is 8.46. The Morgan fingerprint density at radius 3 is 2.75 bits per heavy atom. The van der Waals surface area contributed by atoms with Crippen molar-refractivity contribution in [1.82, 2.24) is 5.06 Å². The molecule has 2 heterocycles. The number of halogens is 1. The summed E-state index contributed by atoms with van der Waals surface area (Å²) in [7, 11) is 0. The highest BCUT2D eigenvalue weighted by Crippen LogP contribution is 2.46. The Kier molecular flexibility index (Phi) is 4.67. The zero-order valence-electron chi connectivity index (χ0n) is 15.0. The van der Waals surface area contributed by atoms with Gasteiger partial charge >= 0.3 is 0 Å². The van der Waals surface area contributed by atoms with Crippen LogP contribution in [0.1, 0.15) is 11.6 Å². The second kappa shape index (κ2) is 7.32. The number of nitrogens with zero attached hydrogens (tertiary/aromatic N) is 1. The predicted octanol–water partition coefficient (Wildman–Crippen LogP) is 5.11. The summed E-state index contributed by atoms with van der Waals surface area (Å²) in [6.07, 6.45) is 0. The fourth-order valence-corrected chi connectivity index (χ4v) is 4.77. The van der Waals surface area contributed by atoms with Crippen molar-refractivity contribution in [3.63, 3.8) is 0 Å². The van der Waals surface area contributed by atoms with E-state index in [-0.39, 0.29) is 17.9 Å². The number of benzene rings is 3. The highest BCUT2D eigenvalue weighted by Gasteiger charge is 2.44. The molecule has 142 valence electrons. The maximum atomic E-state index is 13.0. The molecule has 0 radical (unpaired) electrons. The van der Waals surface area contributed by atoms with Crippen molar-refractivity contribution in [3.05, 3.63) is 71.2 Å². The van der Waals surface area contributed by atoms with E-state index in [1.807, 2.05) is 42.5 Å². The minimum atomic E-state index is -0.117. The molecule has 1 fully saturated rings. The quantitative estimate of drug-likeness (QED) is 0.561. The maximum Gasteiger partial charge on any atom is 0.257 e. The zero-order valence-corrected chi connectivity index (χ0v) is 16.6. The van der Waals surface area contributed by atoms with Crippen LogP contribution in [0, 0.1) is 5.92 Å². The summed E-state index contributed by atoms with van der Waals surface area (Å²) in [6, 6.07) is 19.7. The summed E-state index contributed by atoms with van der Waals surface area (Å²) in [4.78, 5) is 19.8. The van der Waals surface area contributed by atoms with Crippen molar-refractivity contribution in [3.8, 4) is 5.75 Å². The molecule has 3 aromatic carbocycles. The van der Waals surface area contributed by atoms with Crippen LogP contribution in [0.4, 0.5) is 0 Å². The van der Waals surface area contributed by atoms with Crippen LogP contribution in [0.15, 0.2) is 65.6 Å². The molecule has 3 aromatic rings. The topological polar surface area (TPSA) is 38.8 Å². The van der Waals surface area contributed by atoms with E-state index in [2.05, 4.69) is 18.2 Å². The Labute approximate surface area is 172 Å². The summed E-state index contributed by atoms with van der Waals surface area (Å²) < 4.78 is 5.98. The van der Waals surface area contributed by atoms with E-state index >= 15 is 0 Å². The summed E-state index contributed by atoms with van der Waals surface area (Å²) in [5, 5.41) is 4.51. The molecule has 2 atom stereocenters. The van der Waals surface area contributed by atoms with Gasteiger partial charge in [0.25, 0.3) is 5.91 Å². The number of thioether (sulfide) groups is 1. The van der Waals surface area contributed by atoms with E-state index in [0.717, 1.165) is 27.0 Å². The number of hydrogen-bond donors (Lipinski definition) is 0. The van der Waals surface area contributed by atoms with Crippen LogP contribution in [-0.4, -0.2) is 29.9 Å². The van der Waals surface area contributed by atoms with Gasteiger partial charge < -0.3 is 4.74 Å². The summed E-state index contributed by atoms with van der Waals surface area (Å²) in [6.45, 7) is 1.05. The highest BCUT2D eigenvalue weighted by molar-refractivity contribution is 8.00. The van der Waals surface area contributed by atoms with Gasteiger partial charge in [-0.3, -0.25) is 9.63 Å². The molecule has 1 saturated heterocycles. The van der Waals surface area contributed by atoms with Crippen molar-refractivity contribution in [2.45, 2.75) is 10.9 Å². The average molecular weight is 412 g/mol. The molecule has 1 amide bonds. The molecule has 28 heavy (non-hydrogen) atoms. The molecule has 2 aliphatic rings. The van der Waals surface area contributed by atoms with Crippen molar-refractivity contribution in [1.29, 1.82) is 0 Å². The lowest BCUT2D eigenvalue weighted by molar-refractivity contribution is -0.174. The van der Waals surface area contributed by atoms with Crippen LogP contribution in [-0.2, 0) is 9.63 Å². The Hall–Kier alpha value is -2.21. The van der Waals surface area contributed by atoms with Crippen LogP contribution < -0.4 is 4.74 Å². The standard InChI is InChI=1S/C22H18ClNO3S/c23-16-6-8-17(9-7-16)28-13-20(25)24-22-15(12-27-24)11-26-19-10-5-14-3-1-2-4-18(14)21(19)22/h1-10,15,22H,11-13H2/t15-,22-/m1/s1. The van der Waals surface area contributed by atoms with E-state index in [1.54, 1.807) is 5.06 Å². The Balaban J connectivity index is 1.43. The lowest BCUT2D eigenvalue weighted by Crippen LogP contribution is -2.36. The third kappa shape index (κ3) is 3.13. The largest absolute Gasteiger partial charge is 0.493 e. The van der Waals surface area contributed by atoms with Gasteiger partial charge in [0.05, 0.1) is 25.0 Å². The molecule has 2 aliphatic heterocycles. The van der Waals surface area contributed by atoms with Crippen molar-refractivity contribution >= 4 is 40.0 Å². The first-order valence-electron chi connectivity index (χ1n) is 9.18. The van der Waals surface area contributed by atoms with Gasteiger partial charge in [0, 0.05) is 21.4 Å². The molecule has 0 saturated carbocycles. The van der Waals surface area contributed by atoms with Crippen molar-refractivity contribution in [2.24, 2.45) is 5.92 Å². The van der Waals surface area contributed by atoms with Crippen LogP contribution in [0.5, 0.6) is 5.75 Å². The third-order valence-corrected chi connectivity index (χ3v) is 6.48. The highest BCUT2D eigenvalue weighted by atomic mass is 35.5. The monoisotopic (exact) mass is 411 g/mol. The number of fused-ring (bicyclic) bond motifs is 5. The molecule has 6 heteroatoms. The normalized spacial score (nSPS) is 20.5. The van der Waals surface area contributed by atoms with Crippen LogP contribution >= 0.6 is 23.4 Å². The van der Waals surface area contributed by atoms with Gasteiger partial charge in [-0.2, -0.15) is 0 Å². The lowest BCUT2D eigenvalue weighted by atomic mass is 9.88. The number of hydrogen-bond acceptors (Lipinski definition) is 4. The summed E-state index contributed by atoms with van der Waals surface area (Å²) in [5.74, 6) is 1.26. The zero-order chi connectivity index (χ0) is 19.1. The van der Waals surface area contributed by atoms with Gasteiger partial charge in [-0.1, -0.05) is 41.9 Å². The fraction of sp³-hybridized carbons (Fsp3) is 0.227. The molecule has 0 aliphatic carbocycles. The molecule has 0 unspecified atom stereocenters. The van der Waals surface area contributed by atoms with Crippen molar-refractivity contribution < 1.29 is 14.4 Å². The Morgan fingerprint density at radius 1 is 1.07 bits per heavy atom. The second-order valence-electron chi connectivity index (χ2n) is 6.97. The molecule has 4 nitrogen and oxygen atoms in total. The third-order valence-electron chi connectivity index (χ3n) is 5.23. The molecule has 0 N–H and O–H groups in total. The number of ether oxygens (including phenoxy) is 1. The predicted molar refractivity (Wildman–Crippen MR) is 111 cm³/mol. The first kappa shape index (κ1) is 17.9. The minimum absolute atomic E-state index is 0.0340. The molecule has 0 spiro atoms. The molecule has 0 aromatic heterocycles. The van der Waals surface area contributed by atoms with E-state index in [1.165, 1.54) is 11.8 Å². The smallest absolute Gasteiger partial charge is 0.257 e. The lowest BCUT2D eigenvalue weighted by Gasteiger charge is -2.32. The van der Waals surface area contributed by atoms with E-state index in [9.17, 15) is 4.79 Å². The number of hydroxylamine groups is 2. The number of carbonyl (C=O) groups is 1. The van der Waals surface area contributed by atoms with E-state index in [0.29, 0.717) is 24.0 Å². The Bertz CT molecular complexity index is 1040. The van der Waals surface area contributed by atoms with Gasteiger partial charge in [-0.15, -0.1) is 11.8 Å². The SMILES string of the molecule is O=C(CSc1ccc(Cl)cc1)N1OC[C@H]2COc3ccc4ccccc4c3[C@@H]21. The van der Waals surface area contributed by atoms with Gasteiger partial charge in [0.1, 0.15) is 5.75 Å². The maximum absolute atomic E-state index is 13.0.